The fourth-order valence-corrected chi connectivity index (χ4v) is 3.88. The molecule has 3 aromatic rings. The minimum atomic E-state index is -0.245. The molecule has 7 nitrogen and oxygen atoms in total. The van der Waals surface area contributed by atoms with Crippen LogP contribution in [0, 0.1) is 5.92 Å². The molecule has 3 heterocycles. The van der Waals surface area contributed by atoms with Gasteiger partial charge in [0.25, 0.3) is 0 Å². The van der Waals surface area contributed by atoms with E-state index in [2.05, 4.69) is 25.5 Å². The number of aromatic nitrogens is 6. The van der Waals surface area contributed by atoms with Crippen molar-refractivity contribution in [1.82, 2.24) is 30.0 Å². The molecule has 20 heavy (non-hydrogen) atoms. The minimum absolute atomic E-state index is 0.245. The standard InChI is InChI=1S/C12H14N6OS/c19-11-9-10(15-17-14-9)13-12-18(11)16-8(20-12)6-7-4-2-1-3-5-7/h7H,1-6H2,(H,14,15,17). The fourth-order valence-electron chi connectivity index (χ4n) is 2.88. The molecule has 3 aromatic heterocycles. The first-order valence-corrected chi connectivity index (χ1v) is 7.72. The highest BCUT2D eigenvalue weighted by Gasteiger charge is 2.18. The van der Waals surface area contributed by atoms with Gasteiger partial charge in [-0.1, -0.05) is 43.4 Å². The van der Waals surface area contributed by atoms with E-state index < -0.39 is 0 Å². The molecule has 1 N–H and O–H groups in total. The third-order valence-electron chi connectivity index (χ3n) is 3.92. The molecule has 104 valence electrons. The predicted molar refractivity (Wildman–Crippen MR) is 74.9 cm³/mol. The Kier molecular flexibility index (Phi) is 2.76. The Hall–Kier alpha value is -1.83. The molecule has 1 aliphatic rings. The van der Waals surface area contributed by atoms with Crippen LogP contribution in [0.25, 0.3) is 16.1 Å². The maximum absolute atomic E-state index is 12.2. The lowest BCUT2D eigenvalue weighted by Crippen LogP contribution is -2.16. The molecule has 0 radical (unpaired) electrons. The number of nitrogens with zero attached hydrogens (tertiary/aromatic N) is 5. The van der Waals surface area contributed by atoms with E-state index in [1.54, 1.807) is 0 Å². The fraction of sp³-hybridized carbons (Fsp3) is 0.583. The van der Waals surface area contributed by atoms with Crippen LogP contribution in [0.3, 0.4) is 0 Å². The summed E-state index contributed by atoms with van der Waals surface area (Å²) in [6.07, 6.45) is 7.45. The Morgan fingerprint density at radius 1 is 1.25 bits per heavy atom. The molecule has 0 spiro atoms. The summed E-state index contributed by atoms with van der Waals surface area (Å²) in [6.45, 7) is 0. The average Bonchev–Trinajstić information content (AvgIpc) is 3.07. The summed E-state index contributed by atoms with van der Waals surface area (Å²) < 4.78 is 1.35. The van der Waals surface area contributed by atoms with E-state index in [1.807, 2.05) is 0 Å². The number of H-pyrrole nitrogens is 1. The normalized spacial score (nSPS) is 17.2. The van der Waals surface area contributed by atoms with E-state index in [-0.39, 0.29) is 11.1 Å². The summed E-state index contributed by atoms with van der Waals surface area (Å²) in [5.41, 5.74) is 0.366. The number of hydrogen-bond donors (Lipinski definition) is 1. The Bertz CT molecular complexity index is 812. The van der Waals surface area contributed by atoms with Gasteiger partial charge in [-0.3, -0.25) is 4.79 Å². The first kappa shape index (κ1) is 12.0. The van der Waals surface area contributed by atoms with E-state index in [0.717, 1.165) is 11.4 Å². The van der Waals surface area contributed by atoms with E-state index >= 15 is 0 Å². The van der Waals surface area contributed by atoms with Crippen molar-refractivity contribution in [2.24, 2.45) is 5.92 Å². The Morgan fingerprint density at radius 3 is 2.95 bits per heavy atom. The summed E-state index contributed by atoms with van der Waals surface area (Å²) in [5, 5.41) is 15.5. The van der Waals surface area contributed by atoms with Crippen LogP contribution < -0.4 is 5.56 Å². The van der Waals surface area contributed by atoms with E-state index in [0.29, 0.717) is 16.5 Å². The van der Waals surface area contributed by atoms with Crippen LogP contribution in [0.5, 0.6) is 0 Å². The monoisotopic (exact) mass is 290 g/mol. The highest BCUT2D eigenvalue weighted by molar-refractivity contribution is 7.16. The summed E-state index contributed by atoms with van der Waals surface area (Å²) >= 11 is 1.48. The highest BCUT2D eigenvalue weighted by Crippen LogP contribution is 2.28. The highest BCUT2D eigenvalue weighted by atomic mass is 32.1. The SMILES string of the molecule is O=c1c2n[nH]nc2nc2sc(CC3CCCCC3)nn12. The van der Waals surface area contributed by atoms with Gasteiger partial charge in [0.05, 0.1) is 0 Å². The van der Waals surface area contributed by atoms with Crippen molar-refractivity contribution in [2.75, 3.05) is 0 Å². The summed E-state index contributed by atoms with van der Waals surface area (Å²) in [7, 11) is 0. The van der Waals surface area contributed by atoms with E-state index in [4.69, 9.17) is 0 Å². The van der Waals surface area contributed by atoms with Gasteiger partial charge in [0, 0.05) is 6.42 Å². The Balaban J connectivity index is 1.74. The topological polar surface area (TPSA) is 88.8 Å². The van der Waals surface area contributed by atoms with Gasteiger partial charge in [0.1, 0.15) is 5.01 Å². The second-order valence-electron chi connectivity index (χ2n) is 5.31. The van der Waals surface area contributed by atoms with Crippen molar-refractivity contribution in [3.8, 4) is 0 Å². The Labute approximate surface area is 118 Å². The minimum Gasteiger partial charge on any atom is -0.265 e. The largest absolute Gasteiger partial charge is 0.305 e. The molecule has 4 rings (SSSR count). The van der Waals surface area contributed by atoms with Gasteiger partial charge in [-0.15, -0.1) is 10.2 Å². The molecule has 0 saturated heterocycles. The Morgan fingerprint density at radius 2 is 2.10 bits per heavy atom. The second kappa shape index (κ2) is 4.62. The summed E-state index contributed by atoms with van der Waals surface area (Å²) in [4.78, 5) is 17.1. The second-order valence-corrected chi connectivity index (χ2v) is 6.35. The third kappa shape index (κ3) is 1.91. The molecule has 0 aromatic carbocycles. The van der Waals surface area contributed by atoms with Crippen LogP contribution >= 0.6 is 11.3 Å². The van der Waals surface area contributed by atoms with Gasteiger partial charge in [0.15, 0.2) is 5.52 Å². The number of fused-ring (bicyclic) bond motifs is 2. The van der Waals surface area contributed by atoms with Crippen molar-refractivity contribution in [1.29, 1.82) is 0 Å². The van der Waals surface area contributed by atoms with E-state index in [9.17, 15) is 4.79 Å². The third-order valence-corrected chi connectivity index (χ3v) is 4.85. The van der Waals surface area contributed by atoms with Crippen LogP contribution in [-0.2, 0) is 6.42 Å². The van der Waals surface area contributed by atoms with Gasteiger partial charge >= 0.3 is 5.56 Å². The van der Waals surface area contributed by atoms with Crippen molar-refractivity contribution in [2.45, 2.75) is 38.5 Å². The number of nitrogens with one attached hydrogen (secondary N) is 1. The number of aromatic amines is 1. The number of hydrogen-bond acceptors (Lipinski definition) is 6. The van der Waals surface area contributed by atoms with Crippen LogP contribution in [0.4, 0.5) is 0 Å². The lowest BCUT2D eigenvalue weighted by molar-refractivity contribution is 0.355. The van der Waals surface area contributed by atoms with Crippen molar-refractivity contribution in [3.63, 3.8) is 0 Å². The van der Waals surface area contributed by atoms with Gasteiger partial charge in [-0.25, -0.2) is 0 Å². The quantitative estimate of drug-likeness (QED) is 0.773. The predicted octanol–water partition coefficient (Wildman–Crippen LogP) is 1.55. The zero-order valence-electron chi connectivity index (χ0n) is 10.9. The van der Waals surface area contributed by atoms with E-state index in [1.165, 1.54) is 48.0 Å². The number of rotatable bonds is 2. The van der Waals surface area contributed by atoms with Gasteiger partial charge in [-0.2, -0.15) is 19.8 Å². The van der Waals surface area contributed by atoms with Crippen LogP contribution in [0.15, 0.2) is 4.79 Å². The smallest absolute Gasteiger partial charge is 0.265 e. The molecule has 8 heteroatoms. The first-order valence-electron chi connectivity index (χ1n) is 6.90. The van der Waals surface area contributed by atoms with Gasteiger partial charge in [0.2, 0.25) is 10.6 Å². The average molecular weight is 290 g/mol. The van der Waals surface area contributed by atoms with Gasteiger partial charge in [-0.05, 0) is 5.92 Å². The van der Waals surface area contributed by atoms with Crippen molar-refractivity contribution < 1.29 is 0 Å². The lowest BCUT2D eigenvalue weighted by atomic mass is 9.87. The maximum Gasteiger partial charge on any atom is 0.305 e. The zero-order valence-corrected chi connectivity index (χ0v) is 11.7. The molecular formula is C12H14N6OS. The summed E-state index contributed by atoms with van der Waals surface area (Å²) in [6, 6.07) is 0. The molecule has 0 atom stereocenters. The summed E-state index contributed by atoms with van der Waals surface area (Å²) in [5.74, 6) is 0.697. The van der Waals surface area contributed by atoms with Crippen LogP contribution in [0.1, 0.15) is 37.1 Å². The molecule has 1 saturated carbocycles. The lowest BCUT2D eigenvalue weighted by Gasteiger charge is -2.19. The molecule has 0 unspecified atom stereocenters. The molecular weight excluding hydrogens is 276 g/mol. The van der Waals surface area contributed by atoms with Crippen molar-refractivity contribution >= 4 is 27.5 Å². The molecule has 1 aliphatic carbocycles. The molecule has 0 amide bonds. The van der Waals surface area contributed by atoms with Crippen molar-refractivity contribution in [3.05, 3.63) is 15.4 Å². The molecule has 1 fully saturated rings. The maximum atomic E-state index is 12.2. The molecule has 0 bridgehead atoms. The zero-order chi connectivity index (χ0) is 13.5. The molecule has 0 aliphatic heterocycles. The van der Waals surface area contributed by atoms with Crippen LogP contribution in [0.2, 0.25) is 0 Å². The first-order chi connectivity index (χ1) is 9.81. The van der Waals surface area contributed by atoms with Crippen LogP contribution in [-0.4, -0.2) is 30.0 Å². The van der Waals surface area contributed by atoms with Gasteiger partial charge < -0.3 is 0 Å².